The van der Waals surface area contributed by atoms with Crippen molar-refractivity contribution in [3.63, 3.8) is 0 Å². The van der Waals surface area contributed by atoms with E-state index in [1.54, 1.807) is 17.7 Å². The van der Waals surface area contributed by atoms with Crippen LogP contribution in [0.4, 0.5) is 5.82 Å². The van der Waals surface area contributed by atoms with Crippen LogP contribution in [-0.4, -0.2) is 47.1 Å². The fourth-order valence-electron chi connectivity index (χ4n) is 4.45. The van der Waals surface area contributed by atoms with E-state index in [2.05, 4.69) is 50.5 Å². The molecule has 4 heterocycles. The van der Waals surface area contributed by atoms with E-state index in [1.807, 2.05) is 0 Å². The number of thiophene rings is 1. The van der Waals surface area contributed by atoms with Crippen molar-refractivity contribution in [3.8, 4) is 11.1 Å². The molecule has 0 bridgehead atoms. The number of benzene rings is 1. The molecule has 2 aromatic heterocycles. The molecule has 0 saturated carbocycles. The van der Waals surface area contributed by atoms with Gasteiger partial charge in [-0.1, -0.05) is 36.8 Å². The van der Waals surface area contributed by atoms with Gasteiger partial charge in [-0.05, 0) is 37.9 Å². The van der Waals surface area contributed by atoms with Crippen LogP contribution in [0.5, 0.6) is 0 Å². The molecule has 134 valence electrons. The zero-order valence-corrected chi connectivity index (χ0v) is 15.8. The van der Waals surface area contributed by atoms with Gasteiger partial charge in [0.15, 0.2) is 0 Å². The fraction of sp³-hybridized carbons (Fsp3) is 0.429. The first kappa shape index (κ1) is 16.2. The maximum atomic E-state index is 4.73. The van der Waals surface area contributed by atoms with Gasteiger partial charge in [0.25, 0.3) is 0 Å². The van der Waals surface area contributed by atoms with Crippen LogP contribution in [0, 0.1) is 0 Å². The maximum absolute atomic E-state index is 4.73. The van der Waals surface area contributed by atoms with Crippen molar-refractivity contribution in [2.75, 3.05) is 31.1 Å². The summed E-state index contributed by atoms with van der Waals surface area (Å²) in [6, 6.07) is 11.3. The number of rotatable bonds is 3. The minimum absolute atomic E-state index is 0.680. The summed E-state index contributed by atoms with van der Waals surface area (Å²) in [4.78, 5) is 15.6. The van der Waals surface area contributed by atoms with Gasteiger partial charge in [-0.2, -0.15) is 0 Å². The molecule has 1 aromatic carbocycles. The molecule has 0 amide bonds. The average Bonchev–Trinajstić information content (AvgIpc) is 3.37. The van der Waals surface area contributed by atoms with E-state index in [9.17, 15) is 0 Å². The van der Waals surface area contributed by atoms with E-state index in [0.29, 0.717) is 6.04 Å². The Morgan fingerprint density at radius 2 is 1.81 bits per heavy atom. The van der Waals surface area contributed by atoms with Gasteiger partial charge < -0.3 is 4.90 Å². The third kappa shape index (κ3) is 2.89. The van der Waals surface area contributed by atoms with Crippen molar-refractivity contribution in [3.05, 3.63) is 42.0 Å². The summed E-state index contributed by atoms with van der Waals surface area (Å²) in [5.74, 6) is 1.12. The number of anilines is 1. The SMILES string of the molecule is c1ccc(-c2csc3ncnc(N4CCC(N5CCCCC5)C4)c23)cc1. The smallest absolute Gasteiger partial charge is 0.141 e. The Hall–Kier alpha value is -1.98. The number of fused-ring (bicyclic) bond motifs is 1. The van der Waals surface area contributed by atoms with Crippen LogP contribution in [0.2, 0.25) is 0 Å². The molecule has 0 spiro atoms. The Labute approximate surface area is 158 Å². The molecule has 1 atom stereocenters. The summed E-state index contributed by atoms with van der Waals surface area (Å²) < 4.78 is 0. The lowest BCUT2D eigenvalue weighted by molar-refractivity contribution is 0.175. The van der Waals surface area contributed by atoms with Crippen molar-refractivity contribution < 1.29 is 0 Å². The van der Waals surface area contributed by atoms with Gasteiger partial charge in [-0.25, -0.2) is 9.97 Å². The van der Waals surface area contributed by atoms with E-state index in [0.717, 1.165) is 23.7 Å². The second-order valence-electron chi connectivity index (χ2n) is 7.38. The second-order valence-corrected chi connectivity index (χ2v) is 8.24. The Morgan fingerprint density at radius 3 is 2.65 bits per heavy atom. The Bertz CT molecular complexity index is 885. The Morgan fingerprint density at radius 1 is 0.962 bits per heavy atom. The van der Waals surface area contributed by atoms with Gasteiger partial charge in [0, 0.05) is 30.1 Å². The first-order valence-electron chi connectivity index (χ1n) is 9.67. The number of likely N-dealkylation sites (tertiary alicyclic amines) is 1. The molecular weight excluding hydrogens is 340 g/mol. The van der Waals surface area contributed by atoms with Crippen molar-refractivity contribution >= 4 is 27.4 Å². The van der Waals surface area contributed by atoms with Gasteiger partial charge in [0.05, 0.1) is 5.39 Å². The predicted octanol–water partition coefficient (Wildman–Crippen LogP) is 4.42. The van der Waals surface area contributed by atoms with E-state index < -0.39 is 0 Å². The average molecular weight is 365 g/mol. The second kappa shape index (κ2) is 6.97. The molecule has 2 aliphatic rings. The lowest BCUT2D eigenvalue weighted by Crippen LogP contribution is -2.41. The minimum Gasteiger partial charge on any atom is -0.354 e. The predicted molar refractivity (Wildman–Crippen MR) is 109 cm³/mol. The number of hydrogen-bond donors (Lipinski definition) is 0. The van der Waals surface area contributed by atoms with Crippen LogP contribution < -0.4 is 4.90 Å². The van der Waals surface area contributed by atoms with Crippen molar-refractivity contribution in [2.24, 2.45) is 0 Å². The van der Waals surface area contributed by atoms with E-state index >= 15 is 0 Å². The van der Waals surface area contributed by atoms with Crippen LogP contribution in [-0.2, 0) is 0 Å². The number of piperidine rings is 1. The monoisotopic (exact) mass is 364 g/mol. The standard InChI is InChI=1S/C21H24N4S/c1-3-7-16(8-4-1)18-14-26-21-19(18)20(22-15-23-21)25-12-9-17(13-25)24-10-5-2-6-11-24/h1,3-4,7-8,14-15,17H,2,5-6,9-13H2. The quantitative estimate of drug-likeness (QED) is 0.688. The normalized spacial score (nSPS) is 21.5. The van der Waals surface area contributed by atoms with Crippen molar-refractivity contribution in [2.45, 2.75) is 31.7 Å². The van der Waals surface area contributed by atoms with Gasteiger partial charge in [0.2, 0.25) is 0 Å². The molecule has 0 N–H and O–H groups in total. The molecule has 2 fully saturated rings. The zero-order chi connectivity index (χ0) is 17.3. The molecule has 4 nitrogen and oxygen atoms in total. The molecule has 2 saturated heterocycles. The van der Waals surface area contributed by atoms with Gasteiger partial charge >= 0.3 is 0 Å². The highest BCUT2D eigenvalue weighted by molar-refractivity contribution is 7.17. The molecule has 3 aromatic rings. The minimum atomic E-state index is 0.680. The number of hydrogen-bond acceptors (Lipinski definition) is 5. The van der Waals surface area contributed by atoms with E-state index in [-0.39, 0.29) is 0 Å². The third-order valence-corrected chi connectivity index (χ3v) is 6.69. The van der Waals surface area contributed by atoms with Crippen LogP contribution in [0.3, 0.4) is 0 Å². The summed E-state index contributed by atoms with van der Waals surface area (Å²) in [6.07, 6.45) is 7.09. The fourth-order valence-corrected chi connectivity index (χ4v) is 5.36. The van der Waals surface area contributed by atoms with Gasteiger partial charge in [-0.15, -0.1) is 11.3 Å². The Kier molecular flexibility index (Phi) is 4.35. The summed E-state index contributed by atoms with van der Waals surface area (Å²) in [6.45, 7) is 4.73. The van der Waals surface area contributed by atoms with Gasteiger partial charge in [0.1, 0.15) is 17.0 Å². The lowest BCUT2D eigenvalue weighted by Gasteiger charge is -2.32. The highest BCUT2D eigenvalue weighted by Gasteiger charge is 2.30. The van der Waals surface area contributed by atoms with Gasteiger partial charge in [-0.3, -0.25) is 4.90 Å². The highest BCUT2D eigenvalue weighted by atomic mass is 32.1. The van der Waals surface area contributed by atoms with Crippen molar-refractivity contribution in [1.29, 1.82) is 0 Å². The molecular formula is C21H24N4S. The molecule has 5 heteroatoms. The third-order valence-electron chi connectivity index (χ3n) is 5.80. The number of aromatic nitrogens is 2. The molecule has 2 aliphatic heterocycles. The summed E-state index contributed by atoms with van der Waals surface area (Å²) in [5.41, 5.74) is 2.52. The number of nitrogens with zero attached hydrogens (tertiary/aromatic N) is 4. The Balaban J connectivity index is 1.48. The van der Waals surface area contributed by atoms with Crippen LogP contribution in [0.25, 0.3) is 21.3 Å². The highest BCUT2D eigenvalue weighted by Crippen LogP contribution is 2.39. The molecule has 0 radical (unpaired) electrons. The van der Waals surface area contributed by atoms with E-state index in [1.165, 1.54) is 55.3 Å². The van der Waals surface area contributed by atoms with Crippen molar-refractivity contribution in [1.82, 2.24) is 14.9 Å². The van der Waals surface area contributed by atoms with E-state index in [4.69, 9.17) is 4.98 Å². The molecule has 0 aliphatic carbocycles. The molecule has 26 heavy (non-hydrogen) atoms. The van der Waals surface area contributed by atoms with Crippen LogP contribution in [0.1, 0.15) is 25.7 Å². The largest absolute Gasteiger partial charge is 0.354 e. The topological polar surface area (TPSA) is 32.3 Å². The maximum Gasteiger partial charge on any atom is 0.141 e. The van der Waals surface area contributed by atoms with Crippen LogP contribution >= 0.6 is 11.3 Å². The van der Waals surface area contributed by atoms with Crippen LogP contribution in [0.15, 0.2) is 42.0 Å². The summed E-state index contributed by atoms with van der Waals surface area (Å²) in [7, 11) is 0. The molecule has 5 rings (SSSR count). The summed E-state index contributed by atoms with van der Waals surface area (Å²) in [5, 5.41) is 3.46. The lowest BCUT2D eigenvalue weighted by atomic mass is 10.1. The first-order valence-corrected chi connectivity index (χ1v) is 10.5. The molecule has 1 unspecified atom stereocenters. The first-order chi connectivity index (χ1) is 12.9. The zero-order valence-electron chi connectivity index (χ0n) is 15.0. The summed E-state index contributed by atoms with van der Waals surface area (Å²) >= 11 is 1.72.